The first kappa shape index (κ1) is 31.5. The smallest absolute Gasteiger partial charge is 0.326 e. The third kappa shape index (κ3) is 5.37. The van der Waals surface area contributed by atoms with E-state index >= 15 is 0 Å². The molecule has 5 aliphatic rings. The van der Waals surface area contributed by atoms with Crippen LogP contribution in [0.1, 0.15) is 85.5 Å². The molecule has 4 aliphatic carbocycles. The van der Waals surface area contributed by atoms with Gasteiger partial charge in [0.2, 0.25) is 5.91 Å². The fraction of sp³-hybridized carbons (Fsp3) is 0.758. The largest absolute Gasteiger partial charge is 0.480 e. The summed E-state index contributed by atoms with van der Waals surface area (Å²) < 4.78 is 0. The Morgan fingerprint density at radius 3 is 2.56 bits per heavy atom. The van der Waals surface area contributed by atoms with Crippen LogP contribution in [0.2, 0.25) is 0 Å². The van der Waals surface area contributed by atoms with E-state index in [2.05, 4.69) is 36.3 Å². The highest BCUT2D eigenvalue weighted by atomic mass is 16.6. The lowest BCUT2D eigenvalue weighted by atomic mass is 9.46. The highest BCUT2D eigenvalue weighted by Gasteiger charge is 2.63. The van der Waals surface area contributed by atoms with Gasteiger partial charge in [0.1, 0.15) is 17.7 Å². The fourth-order valence-corrected chi connectivity index (χ4v) is 9.27. The minimum atomic E-state index is -1.18. The number of allylic oxidation sites excluding steroid dienone is 2. The van der Waals surface area contributed by atoms with Gasteiger partial charge in [0.25, 0.3) is 5.91 Å². The molecule has 43 heavy (non-hydrogen) atoms. The van der Waals surface area contributed by atoms with E-state index < -0.39 is 41.6 Å². The molecule has 3 saturated carbocycles. The molecule has 0 radical (unpaired) electrons. The van der Waals surface area contributed by atoms with Crippen LogP contribution in [0.25, 0.3) is 0 Å². The number of aliphatic hydroxyl groups excluding tert-OH is 1. The molecule has 0 aromatic carbocycles. The predicted octanol–water partition coefficient (Wildman–Crippen LogP) is 2.87. The molecule has 4 fully saturated rings. The molecule has 1 heterocycles. The van der Waals surface area contributed by atoms with Crippen LogP contribution >= 0.6 is 0 Å². The highest BCUT2D eigenvalue weighted by Crippen LogP contribution is 2.67. The van der Waals surface area contributed by atoms with Gasteiger partial charge in [0.15, 0.2) is 6.61 Å². The van der Waals surface area contributed by atoms with Crippen LogP contribution in [-0.4, -0.2) is 80.7 Å². The molecule has 9 atom stereocenters. The molecule has 0 aromatic rings. The summed E-state index contributed by atoms with van der Waals surface area (Å²) in [5.41, 5.74) is 1.03. The van der Waals surface area contributed by atoms with E-state index in [9.17, 15) is 29.7 Å². The van der Waals surface area contributed by atoms with E-state index in [1.165, 1.54) is 5.57 Å². The van der Waals surface area contributed by atoms with Gasteiger partial charge in [-0.25, -0.2) is 4.79 Å². The van der Waals surface area contributed by atoms with Crippen LogP contribution in [0.3, 0.4) is 0 Å². The number of oxime groups is 1. The molecular weight excluding hydrogens is 550 g/mol. The zero-order valence-corrected chi connectivity index (χ0v) is 25.8. The average Bonchev–Trinajstić information content (AvgIpc) is 3.48. The minimum absolute atomic E-state index is 0.0362. The van der Waals surface area contributed by atoms with Gasteiger partial charge in [-0.15, -0.1) is 6.42 Å². The topological polar surface area (TPSA) is 149 Å². The number of carboxylic acid groups (broad SMARTS) is 1. The van der Waals surface area contributed by atoms with Crippen molar-refractivity contribution in [2.24, 2.45) is 39.7 Å². The number of hydrogen-bond acceptors (Lipinski definition) is 7. The normalized spacial score (nSPS) is 40.1. The monoisotopic (exact) mass is 597 g/mol. The Labute approximate surface area is 254 Å². The number of amides is 2. The quantitative estimate of drug-likeness (QED) is 0.261. The maximum atomic E-state index is 13.1. The summed E-state index contributed by atoms with van der Waals surface area (Å²) in [4.78, 5) is 44.0. The van der Waals surface area contributed by atoms with E-state index in [-0.39, 0.29) is 36.3 Å². The molecule has 1 saturated heterocycles. The Hall–Kier alpha value is -2.90. The van der Waals surface area contributed by atoms with Crippen LogP contribution in [0.5, 0.6) is 0 Å². The molecule has 1 aliphatic heterocycles. The highest BCUT2D eigenvalue weighted by molar-refractivity contribution is 5.96. The second kappa shape index (κ2) is 11.6. The van der Waals surface area contributed by atoms with Crippen LogP contribution < -0.4 is 5.32 Å². The lowest BCUT2D eigenvalue weighted by molar-refractivity contribution is -0.150. The molecular formula is C33H47N3O7. The fourth-order valence-electron chi connectivity index (χ4n) is 9.27. The van der Waals surface area contributed by atoms with Crippen molar-refractivity contribution in [2.45, 2.75) is 109 Å². The third-order valence-electron chi connectivity index (χ3n) is 11.8. The number of aliphatic hydroxyl groups is 2. The van der Waals surface area contributed by atoms with Gasteiger partial charge in [-0.3, -0.25) is 9.59 Å². The Morgan fingerprint density at radius 1 is 1.16 bits per heavy atom. The van der Waals surface area contributed by atoms with Gasteiger partial charge < -0.3 is 30.4 Å². The molecule has 2 amide bonds. The van der Waals surface area contributed by atoms with Crippen molar-refractivity contribution in [3.63, 3.8) is 0 Å². The first-order valence-electron chi connectivity index (χ1n) is 15.8. The molecule has 10 heteroatoms. The predicted molar refractivity (Wildman–Crippen MR) is 159 cm³/mol. The molecule has 0 aromatic heterocycles. The number of carbonyl (C=O) groups excluding carboxylic acids is 2. The zero-order valence-electron chi connectivity index (χ0n) is 25.8. The number of fused-ring (bicyclic) bond motifs is 5. The van der Waals surface area contributed by atoms with Crippen molar-refractivity contribution in [1.82, 2.24) is 10.2 Å². The molecule has 0 bridgehead atoms. The molecule has 236 valence electrons. The summed E-state index contributed by atoms with van der Waals surface area (Å²) in [6.45, 7) is 7.66. The van der Waals surface area contributed by atoms with Gasteiger partial charge in [0.05, 0.1) is 11.8 Å². The van der Waals surface area contributed by atoms with Gasteiger partial charge in [-0.05, 0) is 86.5 Å². The number of terminal acetylenes is 1. The van der Waals surface area contributed by atoms with E-state index in [0.717, 1.165) is 55.6 Å². The van der Waals surface area contributed by atoms with Crippen molar-refractivity contribution in [3.05, 3.63) is 11.6 Å². The maximum absolute atomic E-state index is 13.1. The number of carbonyl (C=O) groups is 3. The Balaban J connectivity index is 1.19. The summed E-state index contributed by atoms with van der Waals surface area (Å²) >= 11 is 0. The summed E-state index contributed by atoms with van der Waals surface area (Å²) in [7, 11) is 0. The first-order chi connectivity index (χ1) is 20.2. The second-order valence-electron chi connectivity index (χ2n) is 14.4. The van der Waals surface area contributed by atoms with Crippen LogP contribution in [0.4, 0.5) is 0 Å². The number of β-amino-alcohol motifs (C(OH)–C–C–N with tert-alkyl or cyclic N) is 1. The van der Waals surface area contributed by atoms with Gasteiger partial charge in [-0.2, -0.15) is 0 Å². The Kier molecular flexibility index (Phi) is 8.47. The zero-order chi connectivity index (χ0) is 31.3. The number of likely N-dealkylation sites (tertiary alicyclic amines) is 1. The van der Waals surface area contributed by atoms with Crippen LogP contribution in [-0.2, 0) is 19.2 Å². The van der Waals surface area contributed by atoms with E-state index in [1.807, 2.05) is 0 Å². The summed E-state index contributed by atoms with van der Waals surface area (Å²) in [6.07, 6.45) is 14.4. The lowest BCUT2D eigenvalue weighted by Gasteiger charge is -2.58. The van der Waals surface area contributed by atoms with Crippen molar-refractivity contribution < 1.29 is 34.5 Å². The number of hydrogen-bond donors (Lipinski definition) is 4. The third-order valence-corrected chi connectivity index (χ3v) is 11.8. The van der Waals surface area contributed by atoms with Gasteiger partial charge in [-0.1, -0.05) is 44.3 Å². The average molecular weight is 598 g/mol. The SMILES string of the molecule is C#C[C@@]1(O)CC[C@@H]2[C@@H]3CCC4=CC(=NOCC(=O)N[C@H](C(=O)N5C[C@H](O)C[C@H]5C(=O)O)C(C)C)CC[C@]4(C)[C@H]3CC[C@@]21C. The lowest BCUT2D eigenvalue weighted by Crippen LogP contribution is -2.54. The molecule has 0 unspecified atom stereocenters. The van der Waals surface area contributed by atoms with Crippen LogP contribution in [0, 0.1) is 46.8 Å². The number of rotatable bonds is 7. The van der Waals surface area contributed by atoms with E-state index in [1.54, 1.807) is 13.8 Å². The van der Waals surface area contributed by atoms with E-state index in [4.69, 9.17) is 11.3 Å². The summed E-state index contributed by atoms with van der Waals surface area (Å²) in [6, 6.07) is -2.07. The van der Waals surface area contributed by atoms with Crippen molar-refractivity contribution in [3.8, 4) is 12.3 Å². The Morgan fingerprint density at radius 2 is 1.88 bits per heavy atom. The van der Waals surface area contributed by atoms with Crippen LogP contribution in [0.15, 0.2) is 16.8 Å². The van der Waals surface area contributed by atoms with Gasteiger partial charge >= 0.3 is 5.97 Å². The molecule has 10 nitrogen and oxygen atoms in total. The maximum Gasteiger partial charge on any atom is 0.326 e. The number of nitrogens with zero attached hydrogens (tertiary/aromatic N) is 2. The number of aliphatic carboxylic acids is 1. The van der Waals surface area contributed by atoms with Gasteiger partial charge in [0, 0.05) is 18.4 Å². The Bertz CT molecular complexity index is 1260. The van der Waals surface area contributed by atoms with E-state index in [0.29, 0.717) is 24.2 Å². The number of nitrogens with one attached hydrogen (secondary N) is 1. The first-order valence-corrected chi connectivity index (χ1v) is 15.8. The van der Waals surface area contributed by atoms with Crippen molar-refractivity contribution in [2.75, 3.05) is 13.2 Å². The molecule has 5 rings (SSSR count). The summed E-state index contributed by atoms with van der Waals surface area (Å²) in [5.74, 6) is 1.75. The van der Waals surface area contributed by atoms with Crippen molar-refractivity contribution >= 4 is 23.5 Å². The standard InChI is InChI=1S/C33H47N3O7/c1-6-33(42)14-11-25-23-8-7-20-15-21(9-12-31(20,4)24(23)10-13-32(25,33)5)35-43-18-27(38)34-28(19(2)3)29(39)36-17-22(37)16-26(36)30(40)41/h1,15,19,22-26,28,37,42H,7-14,16-18H2,2-5H3,(H,34,38)(H,40,41)/t22-,23-,24+,25-,26+,28+,31+,32+,33-/m1/s1. The number of carboxylic acids is 1. The minimum Gasteiger partial charge on any atom is -0.480 e. The molecule has 4 N–H and O–H groups in total. The van der Waals surface area contributed by atoms with Crippen molar-refractivity contribution in [1.29, 1.82) is 0 Å². The summed E-state index contributed by atoms with van der Waals surface area (Å²) in [5, 5.41) is 37.6. The second-order valence-corrected chi connectivity index (χ2v) is 14.4. The molecule has 0 spiro atoms.